The topological polar surface area (TPSA) is 58.6 Å². The molecule has 7 heteroatoms. The van der Waals surface area contributed by atoms with Crippen molar-refractivity contribution in [3.63, 3.8) is 0 Å². The third-order valence-electron chi connectivity index (χ3n) is 5.43. The number of benzene rings is 3. The minimum absolute atomic E-state index is 0.00549. The third kappa shape index (κ3) is 7.32. The van der Waals surface area contributed by atoms with Crippen LogP contribution in [0.2, 0.25) is 5.02 Å². The Morgan fingerprint density at radius 3 is 2.35 bits per heavy atom. The Morgan fingerprint density at radius 1 is 1.00 bits per heavy atom. The summed E-state index contributed by atoms with van der Waals surface area (Å²) < 4.78 is 20.1. The number of carbonyl (C=O) groups is 2. The highest BCUT2D eigenvalue weighted by Gasteiger charge is 2.30. The molecular weight excluding hydrogens is 455 g/mol. The van der Waals surface area contributed by atoms with Gasteiger partial charge in [0.1, 0.15) is 17.6 Å². The molecule has 0 unspecified atom stereocenters. The van der Waals surface area contributed by atoms with Crippen LogP contribution in [-0.4, -0.2) is 36.4 Å². The summed E-state index contributed by atoms with van der Waals surface area (Å²) in [5, 5.41) is 3.27. The fourth-order valence-corrected chi connectivity index (χ4v) is 3.74. The molecule has 3 aromatic carbocycles. The lowest BCUT2D eigenvalue weighted by molar-refractivity contribution is -0.141. The van der Waals surface area contributed by atoms with Crippen LogP contribution in [0.4, 0.5) is 4.39 Å². The second kappa shape index (κ2) is 12.8. The van der Waals surface area contributed by atoms with Crippen molar-refractivity contribution < 1.29 is 18.7 Å². The number of amides is 2. The normalized spacial score (nSPS) is 11.5. The van der Waals surface area contributed by atoms with Crippen LogP contribution < -0.4 is 10.1 Å². The average Bonchev–Trinajstić information content (AvgIpc) is 2.86. The van der Waals surface area contributed by atoms with Crippen molar-refractivity contribution in [3.8, 4) is 5.75 Å². The summed E-state index contributed by atoms with van der Waals surface area (Å²) in [5.41, 5.74) is 1.27. The maximum absolute atomic E-state index is 14.4. The predicted molar refractivity (Wildman–Crippen MR) is 131 cm³/mol. The van der Waals surface area contributed by atoms with Gasteiger partial charge in [0, 0.05) is 37.0 Å². The predicted octanol–water partition coefficient (Wildman–Crippen LogP) is 5.02. The highest BCUT2D eigenvalue weighted by molar-refractivity contribution is 6.30. The van der Waals surface area contributed by atoms with Gasteiger partial charge in [0.15, 0.2) is 0 Å². The fraction of sp³-hybridized carbons (Fsp3) is 0.259. The number of nitrogens with one attached hydrogen (secondary N) is 1. The first-order valence-electron chi connectivity index (χ1n) is 11.1. The molecule has 34 heavy (non-hydrogen) atoms. The summed E-state index contributed by atoms with van der Waals surface area (Å²) in [4.78, 5) is 27.6. The summed E-state index contributed by atoms with van der Waals surface area (Å²) in [6.45, 7) is 0.318. The van der Waals surface area contributed by atoms with Crippen LogP contribution in [0.25, 0.3) is 0 Å². The van der Waals surface area contributed by atoms with Crippen LogP contribution >= 0.6 is 11.6 Å². The molecule has 1 N–H and O–H groups in total. The van der Waals surface area contributed by atoms with Gasteiger partial charge in [0.2, 0.25) is 11.8 Å². The van der Waals surface area contributed by atoms with Gasteiger partial charge in [0.25, 0.3) is 0 Å². The molecule has 0 aromatic heterocycles. The number of likely N-dealkylation sites (N-methyl/N-ethyl adjacent to an activating group) is 1. The van der Waals surface area contributed by atoms with Gasteiger partial charge in [-0.05, 0) is 42.3 Å². The maximum atomic E-state index is 14.4. The summed E-state index contributed by atoms with van der Waals surface area (Å²) in [7, 11) is 1.53. The van der Waals surface area contributed by atoms with Gasteiger partial charge in [-0.25, -0.2) is 4.39 Å². The van der Waals surface area contributed by atoms with E-state index in [9.17, 15) is 14.0 Å². The zero-order valence-electron chi connectivity index (χ0n) is 19.0. The van der Waals surface area contributed by atoms with E-state index in [0.717, 1.165) is 5.56 Å². The Labute approximate surface area is 204 Å². The zero-order chi connectivity index (χ0) is 24.3. The third-order valence-corrected chi connectivity index (χ3v) is 5.69. The van der Waals surface area contributed by atoms with Gasteiger partial charge >= 0.3 is 0 Å². The molecule has 0 aliphatic rings. The van der Waals surface area contributed by atoms with E-state index in [1.807, 2.05) is 30.3 Å². The van der Waals surface area contributed by atoms with E-state index in [4.69, 9.17) is 16.3 Å². The molecule has 0 bridgehead atoms. The number of rotatable bonds is 11. The van der Waals surface area contributed by atoms with Gasteiger partial charge in [-0.1, -0.05) is 60.1 Å². The Hall–Kier alpha value is -3.38. The molecule has 0 radical (unpaired) electrons. The quantitative estimate of drug-likeness (QED) is 0.390. The van der Waals surface area contributed by atoms with E-state index in [1.54, 1.807) is 42.5 Å². The Morgan fingerprint density at radius 2 is 1.68 bits per heavy atom. The maximum Gasteiger partial charge on any atom is 0.242 e. The van der Waals surface area contributed by atoms with Crippen molar-refractivity contribution >= 4 is 23.4 Å². The molecule has 0 fully saturated rings. The molecule has 0 aliphatic carbocycles. The molecule has 3 rings (SSSR count). The highest BCUT2D eigenvalue weighted by atomic mass is 35.5. The van der Waals surface area contributed by atoms with E-state index < -0.39 is 11.9 Å². The van der Waals surface area contributed by atoms with Crippen molar-refractivity contribution in [2.45, 2.75) is 31.8 Å². The molecule has 0 spiro atoms. The first kappa shape index (κ1) is 25.2. The Balaban J connectivity index is 1.75. The fourth-order valence-electron chi connectivity index (χ4n) is 3.62. The highest BCUT2D eigenvalue weighted by Crippen LogP contribution is 2.19. The van der Waals surface area contributed by atoms with Crippen molar-refractivity contribution in [2.24, 2.45) is 0 Å². The van der Waals surface area contributed by atoms with Crippen molar-refractivity contribution in [2.75, 3.05) is 13.7 Å². The monoisotopic (exact) mass is 482 g/mol. The van der Waals surface area contributed by atoms with E-state index in [2.05, 4.69) is 5.32 Å². The number of halogens is 2. The first-order valence-corrected chi connectivity index (χ1v) is 11.5. The van der Waals surface area contributed by atoms with Crippen molar-refractivity contribution in [1.82, 2.24) is 10.2 Å². The molecule has 1 atom stereocenters. The van der Waals surface area contributed by atoms with Crippen LogP contribution in [-0.2, 0) is 22.6 Å². The smallest absolute Gasteiger partial charge is 0.242 e. The summed E-state index contributed by atoms with van der Waals surface area (Å²) >= 11 is 5.89. The van der Waals surface area contributed by atoms with E-state index >= 15 is 0 Å². The van der Waals surface area contributed by atoms with E-state index in [-0.39, 0.29) is 24.8 Å². The lowest BCUT2D eigenvalue weighted by Gasteiger charge is -2.31. The lowest BCUT2D eigenvalue weighted by atomic mass is 10.0. The number of carbonyl (C=O) groups excluding carboxylic acids is 2. The molecule has 0 saturated carbocycles. The van der Waals surface area contributed by atoms with Crippen molar-refractivity contribution in [3.05, 3.63) is 101 Å². The van der Waals surface area contributed by atoms with Crippen LogP contribution in [0.5, 0.6) is 5.75 Å². The molecule has 178 valence electrons. The van der Waals surface area contributed by atoms with E-state index in [0.29, 0.717) is 35.8 Å². The molecule has 0 heterocycles. The summed E-state index contributed by atoms with van der Waals surface area (Å²) in [6.07, 6.45) is 0.924. The van der Waals surface area contributed by atoms with Gasteiger partial charge in [-0.15, -0.1) is 0 Å². The second-order valence-corrected chi connectivity index (χ2v) is 8.28. The largest absolute Gasteiger partial charge is 0.494 e. The number of hydrogen-bond donors (Lipinski definition) is 1. The van der Waals surface area contributed by atoms with Crippen LogP contribution in [0, 0.1) is 5.82 Å². The van der Waals surface area contributed by atoms with Gasteiger partial charge in [0.05, 0.1) is 6.61 Å². The molecular formula is C27H28ClFN2O3. The van der Waals surface area contributed by atoms with Crippen LogP contribution in [0.1, 0.15) is 24.0 Å². The minimum atomic E-state index is -0.781. The van der Waals surface area contributed by atoms with Gasteiger partial charge in [-0.3, -0.25) is 9.59 Å². The molecule has 5 nitrogen and oxygen atoms in total. The van der Waals surface area contributed by atoms with Crippen LogP contribution in [0.15, 0.2) is 78.9 Å². The SMILES string of the molecule is CNC(=O)[C@@H](Cc1ccccc1)N(Cc1ccccc1F)C(=O)CCCOc1ccc(Cl)cc1. The molecule has 2 amide bonds. The lowest BCUT2D eigenvalue weighted by Crippen LogP contribution is -2.49. The number of nitrogens with zero attached hydrogens (tertiary/aromatic N) is 1. The van der Waals surface area contributed by atoms with Crippen LogP contribution in [0.3, 0.4) is 0 Å². The average molecular weight is 483 g/mol. The Bertz CT molecular complexity index is 1080. The summed E-state index contributed by atoms with van der Waals surface area (Å²) in [6, 6.07) is 22.0. The molecule has 3 aromatic rings. The number of hydrogen-bond acceptors (Lipinski definition) is 3. The molecule has 0 saturated heterocycles. The zero-order valence-corrected chi connectivity index (χ0v) is 19.8. The standard InChI is InChI=1S/C27H28ClFN2O3/c1-30-27(33)25(18-20-8-3-2-4-9-20)31(19-21-10-5-6-11-24(21)29)26(32)12-7-17-34-23-15-13-22(28)14-16-23/h2-6,8-11,13-16,25H,7,12,17-19H2,1H3,(H,30,33)/t25-/m1/s1. The van der Waals surface area contributed by atoms with E-state index in [1.165, 1.54) is 18.0 Å². The second-order valence-electron chi connectivity index (χ2n) is 7.84. The first-order chi connectivity index (χ1) is 16.5. The van der Waals surface area contributed by atoms with Gasteiger partial charge in [-0.2, -0.15) is 0 Å². The Kier molecular flexibility index (Phi) is 9.47. The number of ether oxygens (including phenoxy) is 1. The van der Waals surface area contributed by atoms with Gasteiger partial charge < -0.3 is 15.0 Å². The van der Waals surface area contributed by atoms with Crippen molar-refractivity contribution in [1.29, 1.82) is 0 Å². The summed E-state index contributed by atoms with van der Waals surface area (Å²) in [5.74, 6) is -0.299. The minimum Gasteiger partial charge on any atom is -0.494 e. The molecule has 0 aliphatic heterocycles.